The molecule has 0 spiro atoms. The minimum atomic E-state index is -0.367. The molecule has 1 aromatic carbocycles. The van der Waals surface area contributed by atoms with Crippen molar-refractivity contribution >= 4 is 17.5 Å². The summed E-state index contributed by atoms with van der Waals surface area (Å²) in [7, 11) is 0. The lowest BCUT2D eigenvalue weighted by molar-refractivity contribution is -0.136. The zero-order valence-electron chi connectivity index (χ0n) is 16.0. The Morgan fingerprint density at radius 1 is 1.07 bits per heavy atom. The van der Waals surface area contributed by atoms with Gasteiger partial charge < -0.3 is 10.2 Å². The summed E-state index contributed by atoms with van der Waals surface area (Å²) in [5.74, 6) is -0.291. The fraction of sp³-hybridized carbons (Fsp3) is 0.600. The van der Waals surface area contributed by atoms with Gasteiger partial charge in [-0.25, -0.2) is 4.39 Å². The van der Waals surface area contributed by atoms with Crippen LogP contribution in [0.15, 0.2) is 24.3 Å². The van der Waals surface area contributed by atoms with E-state index in [1.807, 2.05) is 4.90 Å². The maximum atomic E-state index is 13.2. The van der Waals surface area contributed by atoms with E-state index in [0.717, 1.165) is 45.6 Å². The Morgan fingerprint density at radius 2 is 1.78 bits per heavy atom. The van der Waals surface area contributed by atoms with E-state index in [4.69, 9.17) is 0 Å². The number of rotatable bonds is 5. The minimum Gasteiger partial charge on any atom is -0.339 e. The van der Waals surface area contributed by atoms with Crippen LogP contribution in [0.1, 0.15) is 26.2 Å². The van der Waals surface area contributed by atoms with Crippen molar-refractivity contribution in [3.8, 4) is 0 Å². The van der Waals surface area contributed by atoms with Crippen molar-refractivity contribution in [1.82, 2.24) is 14.7 Å². The van der Waals surface area contributed by atoms with Crippen LogP contribution in [0.3, 0.4) is 0 Å². The quantitative estimate of drug-likeness (QED) is 0.851. The summed E-state index contributed by atoms with van der Waals surface area (Å²) in [6.45, 7) is 6.81. The molecule has 3 rings (SSSR count). The second-order valence-electron chi connectivity index (χ2n) is 7.54. The Morgan fingerprint density at radius 3 is 2.44 bits per heavy atom. The lowest BCUT2D eigenvalue weighted by Crippen LogP contribution is -2.53. The number of carbonyl (C=O) groups excluding carboxylic acids is 2. The molecule has 1 aromatic rings. The maximum Gasteiger partial charge on any atom is 0.238 e. The van der Waals surface area contributed by atoms with Crippen molar-refractivity contribution in [2.24, 2.45) is 0 Å². The van der Waals surface area contributed by atoms with Crippen molar-refractivity contribution < 1.29 is 14.0 Å². The van der Waals surface area contributed by atoms with Gasteiger partial charge in [0.05, 0.1) is 13.1 Å². The van der Waals surface area contributed by atoms with Crippen LogP contribution in [-0.4, -0.2) is 78.4 Å². The molecule has 2 saturated heterocycles. The minimum absolute atomic E-state index is 0.146. The number of nitrogens with zero attached hydrogens (tertiary/aromatic N) is 3. The highest BCUT2D eigenvalue weighted by molar-refractivity contribution is 5.92. The lowest BCUT2D eigenvalue weighted by Gasteiger charge is -2.37. The van der Waals surface area contributed by atoms with Crippen LogP contribution in [0.4, 0.5) is 10.1 Å². The second-order valence-corrected chi connectivity index (χ2v) is 7.54. The summed E-state index contributed by atoms with van der Waals surface area (Å²) in [5, 5.41) is 2.73. The van der Waals surface area contributed by atoms with Gasteiger partial charge in [0.1, 0.15) is 5.82 Å². The van der Waals surface area contributed by atoms with E-state index in [1.165, 1.54) is 18.6 Å². The summed E-state index contributed by atoms with van der Waals surface area (Å²) in [6.07, 6.45) is 3.41. The first kappa shape index (κ1) is 19.8. The maximum absolute atomic E-state index is 13.2. The van der Waals surface area contributed by atoms with Crippen molar-refractivity contribution in [3.05, 3.63) is 30.1 Å². The molecule has 1 N–H and O–H groups in total. The van der Waals surface area contributed by atoms with Crippen LogP contribution in [0.2, 0.25) is 0 Å². The van der Waals surface area contributed by atoms with Gasteiger partial charge in [-0.15, -0.1) is 0 Å². The van der Waals surface area contributed by atoms with Gasteiger partial charge in [-0.1, -0.05) is 6.07 Å². The number of piperidine rings is 1. The highest BCUT2D eigenvalue weighted by atomic mass is 19.1. The predicted molar refractivity (Wildman–Crippen MR) is 103 cm³/mol. The molecular weight excluding hydrogens is 347 g/mol. The molecule has 1 atom stereocenters. The molecule has 2 amide bonds. The number of hydrogen-bond acceptors (Lipinski definition) is 4. The molecule has 0 bridgehead atoms. The van der Waals surface area contributed by atoms with E-state index in [2.05, 4.69) is 22.0 Å². The van der Waals surface area contributed by atoms with E-state index in [-0.39, 0.29) is 24.2 Å². The molecule has 148 valence electrons. The molecule has 2 aliphatic heterocycles. The summed E-state index contributed by atoms with van der Waals surface area (Å²) >= 11 is 0. The molecule has 0 aromatic heterocycles. The number of halogens is 1. The predicted octanol–water partition coefficient (Wildman–Crippen LogP) is 1.78. The van der Waals surface area contributed by atoms with Crippen LogP contribution in [0, 0.1) is 5.82 Å². The Labute approximate surface area is 160 Å². The molecule has 0 saturated carbocycles. The average molecular weight is 376 g/mol. The Kier molecular flexibility index (Phi) is 6.79. The molecule has 2 heterocycles. The normalized spacial score (nSPS) is 21.9. The average Bonchev–Trinajstić information content (AvgIpc) is 2.63. The van der Waals surface area contributed by atoms with Crippen molar-refractivity contribution in [2.45, 2.75) is 32.2 Å². The fourth-order valence-electron chi connectivity index (χ4n) is 3.83. The monoisotopic (exact) mass is 376 g/mol. The molecule has 2 fully saturated rings. The van der Waals surface area contributed by atoms with Gasteiger partial charge >= 0.3 is 0 Å². The van der Waals surface area contributed by atoms with Gasteiger partial charge in [-0.3, -0.25) is 19.4 Å². The van der Waals surface area contributed by atoms with Gasteiger partial charge in [0.25, 0.3) is 0 Å². The summed E-state index contributed by atoms with van der Waals surface area (Å²) < 4.78 is 13.2. The summed E-state index contributed by atoms with van der Waals surface area (Å²) in [5.41, 5.74) is 0.472. The standard InChI is InChI=1S/C20H29FN4O2/c1-16-5-2-3-8-25(16)20(27)15-24-11-9-23(10-12-24)14-19(26)22-18-7-4-6-17(21)13-18/h4,6-7,13,16H,2-3,5,8-12,14-15H2,1H3,(H,22,26)/t16-/m0/s1. The van der Waals surface area contributed by atoms with Gasteiger partial charge in [-0.2, -0.15) is 0 Å². The van der Waals surface area contributed by atoms with E-state index < -0.39 is 0 Å². The number of hydrogen-bond donors (Lipinski definition) is 1. The molecular formula is C20H29FN4O2. The smallest absolute Gasteiger partial charge is 0.238 e. The van der Waals surface area contributed by atoms with Gasteiger partial charge in [-0.05, 0) is 44.4 Å². The lowest BCUT2D eigenvalue weighted by atomic mass is 10.0. The Hall–Kier alpha value is -1.99. The number of piperazine rings is 1. The molecule has 6 nitrogen and oxygen atoms in total. The summed E-state index contributed by atoms with van der Waals surface area (Å²) in [4.78, 5) is 30.9. The zero-order chi connectivity index (χ0) is 19.2. The van der Waals surface area contributed by atoms with Gasteiger partial charge in [0.15, 0.2) is 0 Å². The molecule has 0 aliphatic carbocycles. The first-order chi connectivity index (χ1) is 13.0. The number of nitrogens with one attached hydrogen (secondary N) is 1. The fourth-order valence-corrected chi connectivity index (χ4v) is 3.83. The van der Waals surface area contributed by atoms with Crippen LogP contribution in [-0.2, 0) is 9.59 Å². The number of anilines is 1. The Balaban J connectivity index is 1.39. The number of carbonyl (C=O) groups is 2. The van der Waals surface area contributed by atoms with Crippen LogP contribution < -0.4 is 5.32 Å². The Bertz CT molecular complexity index is 661. The number of amides is 2. The van der Waals surface area contributed by atoms with E-state index >= 15 is 0 Å². The molecule has 27 heavy (non-hydrogen) atoms. The second kappa shape index (κ2) is 9.28. The van der Waals surface area contributed by atoms with Crippen LogP contribution in [0.25, 0.3) is 0 Å². The van der Waals surface area contributed by atoms with Crippen molar-refractivity contribution in [3.63, 3.8) is 0 Å². The van der Waals surface area contributed by atoms with Crippen LogP contribution >= 0.6 is 0 Å². The molecule has 0 unspecified atom stereocenters. The third-order valence-electron chi connectivity index (χ3n) is 5.42. The number of likely N-dealkylation sites (tertiary alicyclic amines) is 1. The van der Waals surface area contributed by atoms with Gasteiger partial charge in [0.2, 0.25) is 11.8 Å². The van der Waals surface area contributed by atoms with Crippen molar-refractivity contribution in [1.29, 1.82) is 0 Å². The number of benzene rings is 1. The molecule has 7 heteroatoms. The third kappa shape index (κ3) is 5.74. The molecule has 0 radical (unpaired) electrons. The topological polar surface area (TPSA) is 55.9 Å². The first-order valence-corrected chi connectivity index (χ1v) is 9.81. The van der Waals surface area contributed by atoms with Crippen LogP contribution in [0.5, 0.6) is 0 Å². The van der Waals surface area contributed by atoms with Gasteiger partial charge in [0, 0.05) is 44.5 Å². The third-order valence-corrected chi connectivity index (χ3v) is 5.42. The summed E-state index contributed by atoms with van der Waals surface area (Å²) in [6, 6.07) is 6.25. The largest absolute Gasteiger partial charge is 0.339 e. The van der Waals surface area contributed by atoms with E-state index in [0.29, 0.717) is 18.3 Å². The van der Waals surface area contributed by atoms with Crippen molar-refractivity contribution in [2.75, 3.05) is 51.1 Å². The SMILES string of the molecule is C[C@H]1CCCCN1C(=O)CN1CCN(CC(=O)Nc2cccc(F)c2)CC1. The zero-order valence-corrected chi connectivity index (χ0v) is 16.0. The first-order valence-electron chi connectivity index (χ1n) is 9.81. The van der Waals surface area contributed by atoms with E-state index in [1.54, 1.807) is 12.1 Å². The van der Waals surface area contributed by atoms with E-state index in [9.17, 15) is 14.0 Å². The highest BCUT2D eigenvalue weighted by Gasteiger charge is 2.26. The highest BCUT2D eigenvalue weighted by Crippen LogP contribution is 2.17. The molecule has 2 aliphatic rings.